The highest BCUT2D eigenvalue weighted by Crippen LogP contribution is 2.12. The van der Waals surface area contributed by atoms with Crippen LogP contribution in [-0.4, -0.2) is 37.0 Å². The van der Waals surface area contributed by atoms with Gasteiger partial charge in [0.15, 0.2) is 0 Å². The monoisotopic (exact) mass is 348 g/mol. The fraction of sp³-hybridized carbons (Fsp3) is 0.615. The van der Waals surface area contributed by atoms with Crippen LogP contribution in [0.25, 0.3) is 0 Å². The summed E-state index contributed by atoms with van der Waals surface area (Å²) in [6.45, 7) is 8.57. The smallest absolute Gasteiger partial charge is 0.328 e. The second kappa shape index (κ2) is 8.73. The Morgan fingerprint density at radius 1 is 1.25 bits per heavy atom. The Morgan fingerprint density at radius 3 is 2.15 bits per heavy atom. The third-order valence-electron chi connectivity index (χ3n) is 2.54. The molecule has 0 aromatic heterocycles. The first-order valence-electron chi connectivity index (χ1n) is 6.17. The molecule has 0 spiro atoms. The number of carbonyl (C=O) groups is 3. The Morgan fingerprint density at radius 2 is 1.80 bits per heavy atom. The number of nitrogens with one attached hydrogen (secondary N) is 2. The van der Waals surface area contributed by atoms with Gasteiger partial charge in [0.1, 0.15) is 12.1 Å². The molecule has 0 aliphatic carbocycles. The zero-order valence-electron chi connectivity index (χ0n) is 12.2. The lowest BCUT2D eigenvalue weighted by molar-refractivity contribution is -0.145. The first-order chi connectivity index (χ1) is 9.18. The van der Waals surface area contributed by atoms with E-state index in [1.807, 2.05) is 0 Å². The van der Waals surface area contributed by atoms with Crippen molar-refractivity contribution in [2.24, 2.45) is 5.92 Å². The molecule has 20 heavy (non-hydrogen) atoms. The number of amides is 2. The molecule has 114 valence electrons. The number of carbonyl (C=O) groups excluding carboxylic acids is 3. The molecule has 0 saturated carbocycles. The third kappa shape index (κ3) is 6.70. The summed E-state index contributed by atoms with van der Waals surface area (Å²) >= 11 is 3.15. The van der Waals surface area contributed by atoms with E-state index in [1.165, 1.54) is 14.0 Å². The summed E-state index contributed by atoms with van der Waals surface area (Å²) in [5.74, 6) is -1.41. The van der Waals surface area contributed by atoms with Crippen LogP contribution in [0.15, 0.2) is 11.1 Å². The Hall–Kier alpha value is -1.37. The predicted octanol–water partition coefficient (Wildman–Crippen LogP) is 1.10. The fourth-order valence-electron chi connectivity index (χ4n) is 1.57. The highest BCUT2D eigenvalue weighted by Gasteiger charge is 2.28. The van der Waals surface area contributed by atoms with Crippen LogP contribution in [0, 0.1) is 5.92 Å². The van der Waals surface area contributed by atoms with Crippen LogP contribution in [0.4, 0.5) is 0 Å². The number of ether oxygens (including phenoxy) is 1. The Kier molecular flexibility index (Phi) is 8.13. The van der Waals surface area contributed by atoms with Gasteiger partial charge in [-0.05, 0) is 10.4 Å². The third-order valence-corrected chi connectivity index (χ3v) is 2.86. The van der Waals surface area contributed by atoms with Gasteiger partial charge in [-0.1, -0.05) is 36.4 Å². The topological polar surface area (TPSA) is 84.5 Å². The molecule has 0 aromatic rings. The highest BCUT2D eigenvalue weighted by molar-refractivity contribution is 9.11. The summed E-state index contributed by atoms with van der Waals surface area (Å²) in [6, 6.07) is -1.54. The number of esters is 1. The Balaban J connectivity index is 4.90. The normalized spacial score (nSPS) is 13.3. The van der Waals surface area contributed by atoms with Gasteiger partial charge in [0, 0.05) is 13.3 Å². The van der Waals surface area contributed by atoms with Gasteiger partial charge in [-0.25, -0.2) is 4.79 Å². The number of hydrogen-bond donors (Lipinski definition) is 2. The quantitative estimate of drug-likeness (QED) is 0.675. The van der Waals surface area contributed by atoms with Crippen LogP contribution in [0.1, 0.15) is 27.2 Å². The van der Waals surface area contributed by atoms with E-state index in [1.54, 1.807) is 13.8 Å². The van der Waals surface area contributed by atoms with Crippen LogP contribution in [0.3, 0.4) is 0 Å². The molecular formula is C13H21BrN2O4. The molecule has 0 unspecified atom stereocenters. The van der Waals surface area contributed by atoms with Crippen molar-refractivity contribution >= 4 is 33.7 Å². The van der Waals surface area contributed by atoms with E-state index in [0.717, 1.165) is 0 Å². The van der Waals surface area contributed by atoms with Gasteiger partial charge >= 0.3 is 5.97 Å². The van der Waals surface area contributed by atoms with Gasteiger partial charge in [0.05, 0.1) is 7.11 Å². The highest BCUT2D eigenvalue weighted by atomic mass is 79.9. The molecule has 0 aromatic carbocycles. The van der Waals surface area contributed by atoms with Crippen LogP contribution in [0.5, 0.6) is 0 Å². The van der Waals surface area contributed by atoms with E-state index in [0.29, 0.717) is 4.48 Å². The zero-order valence-corrected chi connectivity index (χ0v) is 13.7. The molecule has 0 rings (SSSR count). The average molecular weight is 349 g/mol. The van der Waals surface area contributed by atoms with Crippen molar-refractivity contribution in [3.63, 3.8) is 0 Å². The van der Waals surface area contributed by atoms with Gasteiger partial charge < -0.3 is 15.4 Å². The van der Waals surface area contributed by atoms with Crippen molar-refractivity contribution < 1.29 is 19.1 Å². The molecule has 0 saturated heterocycles. The largest absolute Gasteiger partial charge is 0.467 e. The van der Waals surface area contributed by atoms with E-state index >= 15 is 0 Å². The van der Waals surface area contributed by atoms with E-state index in [2.05, 4.69) is 37.9 Å². The lowest BCUT2D eigenvalue weighted by Crippen LogP contribution is -2.53. The van der Waals surface area contributed by atoms with Crippen LogP contribution >= 0.6 is 15.9 Å². The van der Waals surface area contributed by atoms with Gasteiger partial charge in [-0.15, -0.1) is 0 Å². The maximum Gasteiger partial charge on any atom is 0.328 e. The minimum absolute atomic E-state index is 0.107. The van der Waals surface area contributed by atoms with Crippen molar-refractivity contribution in [3.05, 3.63) is 11.1 Å². The summed E-state index contributed by atoms with van der Waals surface area (Å²) in [5, 5.41) is 5.12. The van der Waals surface area contributed by atoms with Crippen molar-refractivity contribution in [2.75, 3.05) is 7.11 Å². The standard InChI is InChI=1S/C13H21BrN2O4/c1-7(2)11(15-9(4)17)12(18)16-10(6-8(3)14)13(19)20-5/h7,10-11H,3,6H2,1-2,4-5H3,(H,15,17)(H,16,18)/t10-,11-/m1/s1. The zero-order chi connectivity index (χ0) is 15.9. The number of hydrogen-bond acceptors (Lipinski definition) is 4. The lowest BCUT2D eigenvalue weighted by Gasteiger charge is -2.24. The molecule has 0 fully saturated rings. The van der Waals surface area contributed by atoms with Crippen LogP contribution in [-0.2, 0) is 19.1 Å². The summed E-state index contributed by atoms with van der Waals surface area (Å²) in [6.07, 6.45) is 0.212. The fourth-order valence-corrected chi connectivity index (χ4v) is 1.90. The summed E-state index contributed by atoms with van der Waals surface area (Å²) in [7, 11) is 1.24. The number of halogens is 1. The Labute approximate surface area is 127 Å². The Bertz CT molecular complexity index is 396. The summed E-state index contributed by atoms with van der Waals surface area (Å²) < 4.78 is 5.20. The van der Waals surface area contributed by atoms with Gasteiger partial charge in [-0.3, -0.25) is 9.59 Å². The number of methoxy groups -OCH3 is 1. The van der Waals surface area contributed by atoms with E-state index in [9.17, 15) is 14.4 Å². The molecule has 2 amide bonds. The SMILES string of the molecule is C=C(Br)C[C@@H](NC(=O)[C@H](NC(C)=O)C(C)C)C(=O)OC. The molecule has 0 radical (unpaired) electrons. The minimum Gasteiger partial charge on any atom is -0.467 e. The molecular weight excluding hydrogens is 328 g/mol. The predicted molar refractivity (Wildman–Crippen MR) is 79.1 cm³/mol. The van der Waals surface area contributed by atoms with E-state index < -0.39 is 24.0 Å². The second-order valence-corrected chi connectivity index (χ2v) is 5.85. The summed E-state index contributed by atoms with van der Waals surface area (Å²) in [4.78, 5) is 34.9. The molecule has 7 heteroatoms. The molecule has 2 atom stereocenters. The van der Waals surface area contributed by atoms with Crippen molar-refractivity contribution in [1.29, 1.82) is 0 Å². The summed E-state index contributed by atoms with van der Waals surface area (Å²) in [5.41, 5.74) is 0. The average Bonchev–Trinajstić information content (AvgIpc) is 2.32. The first-order valence-corrected chi connectivity index (χ1v) is 6.96. The van der Waals surface area contributed by atoms with Crippen molar-refractivity contribution in [2.45, 2.75) is 39.3 Å². The van der Waals surface area contributed by atoms with E-state index in [4.69, 9.17) is 0 Å². The van der Waals surface area contributed by atoms with Crippen LogP contribution < -0.4 is 10.6 Å². The van der Waals surface area contributed by atoms with Gasteiger partial charge in [0.2, 0.25) is 11.8 Å². The van der Waals surface area contributed by atoms with Crippen molar-refractivity contribution in [1.82, 2.24) is 10.6 Å². The molecule has 0 bridgehead atoms. The van der Waals surface area contributed by atoms with Gasteiger partial charge in [-0.2, -0.15) is 0 Å². The first kappa shape index (κ1) is 18.6. The molecule has 0 aliphatic heterocycles. The lowest BCUT2D eigenvalue weighted by atomic mass is 10.0. The van der Waals surface area contributed by atoms with Crippen molar-refractivity contribution in [3.8, 4) is 0 Å². The minimum atomic E-state index is -0.839. The maximum absolute atomic E-state index is 12.2. The van der Waals surface area contributed by atoms with Crippen LogP contribution in [0.2, 0.25) is 0 Å². The molecule has 2 N–H and O–H groups in total. The second-order valence-electron chi connectivity index (χ2n) is 4.73. The molecule has 0 heterocycles. The number of rotatable bonds is 7. The maximum atomic E-state index is 12.2. The molecule has 6 nitrogen and oxygen atoms in total. The molecule has 0 aliphatic rings. The van der Waals surface area contributed by atoms with Gasteiger partial charge in [0.25, 0.3) is 0 Å². The van der Waals surface area contributed by atoms with E-state index in [-0.39, 0.29) is 18.2 Å².